The van der Waals surface area contributed by atoms with Crippen molar-refractivity contribution in [3.63, 3.8) is 0 Å². The van der Waals surface area contributed by atoms with Crippen molar-refractivity contribution in [1.82, 2.24) is 4.98 Å². The molecule has 0 saturated carbocycles. The molecule has 0 aliphatic carbocycles. The number of carbonyl (C=O) groups is 1. The summed E-state index contributed by atoms with van der Waals surface area (Å²) in [5.41, 5.74) is 8.18. The van der Waals surface area contributed by atoms with Gasteiger partial charge in [-0.25, -0.2) is 4.98 Å². The van der Waals surface area contributed by atoms with E-state index >= 15 is 0 Å². The van der Waals surface area contributed by atoms with Crippen LogP contribution in [0.1, 0.15) is 73.8 Å². The highest BCUT2D eigenvalue weighted by Crippen LogP contribution is 2.20. The first-order chi connectivity index (χ1) is 10.7. The Morgan fingerprint density at radius 2 is 1.29 bits per heavy atom. The van der Waals surface area contributed by atoms with Crippen molar-refractivity contribution in [3.05, 3.63) is 48.2 Å². The van der Waals surface area contributed by atoms with E-state index in [2.05, 4.69) is 4.98 Å². The van der Waals surface area contributed by atoms with E-state index < -0.39 is 0 Å². The van der Waals surface area contributed by atoms with Crippen molar-refractivity contribution >= 4 is 11.5 Å². The Bertz CT molecular complexity index is 523. The largest absolute Gasteiger partial charge is 0.397 e. The Hall–Kier alpha value is -2.16. The summed E-state index contributed by atoms with van der Waals surface area (Å²) in [5, 5.41) is 0. The number of nitrogen functional groups attached to an aromatic ring is 1. The number of aromatic nitrogens is 1. The van der Waals surface area contributed by atoms with Crippen LogP contribution in [0.25, 0.3) is 11.3 Å². The van der Waals surface area contributed by atoms with E-state index in [1.807, 2.05) is 77.9 Å². The van der Waals surface area contributed by atoms with Crippen LogP contribution in [-0.4, -0.2) is 10.8 Å². The second-order valence-electron chi connectivity index (χ2n) is 3.56. The van der Waals surface area contributed by atoms with Crippen molar-refractivity contribution in [3.8, 4) is 11.3 Å². The van der Waals surface area contributed by atoms with Gasteiger partial charge < -0.3 is 5.73 Å². The first-order valence-electron chi connectivity index (χ1n) is 8.01. The molecular weight excluding hydrogens is 296 g/mol. The molecule has 3 nitrogen and oxygen atoms in total. The predicted octanol–water partition coefficient (Wildman–Crippen LogP) is 6.88. The lowest BCUT2D eigenvalue weighted by molar-refractivity contribution is 0.101. The average molecular weight is 335 g/mol. The molecular formula is C21H38N2O. The number of benzene rings is 1. The van der Waals surface area contributed by atoms with E-state index in [0.29, 0.717) is 11.4 Å². The molecule has 0 saturated heterocycles. The fourth-order valence-electron chi connectivity index (χ4n) is 1.52. The number of Topliss-reactive ketones (excluding diaryl/α,β-unsaturated/α-hetero) is 1. The van der Waals surface area contributed by atoms with Gasteiger partial charge in [-0.1, -0.05) is 86.7 Å². The number of rotatable bonds is 2. The summed E-state index contributed by atoms with van der Waals surface area (Å²) >= 11 is 0. The van der Waals surface area contributed by atoms with Crippen molar-refractivity contribution in [1.29, 1.82) is 0 Å². The van der Waals surface area contributed by atoms with E-state index in [9.17, 15) is 4.79 Å². The molecule has 0 amide bonds. The van der Waals surface area contributed by atoms with E-state index in [0.717, 1.165) is 11.3 Å². The molecule has 2 N–H and O–H groups in total. The molecule has 2 rings (SSSR count). The second kappa shape index (κ2) is 18.9. The van der Waals surface area contributed by atoms with Gasteiger partial charge in [0.1, 0.15) is 5.69 Å². The van der Waals surface area contributed by atoms with Crippen LogP contribution < -0.4 is 5.73 Å². The lowest BCUT2D eigenvalue weighted by Crippen LogP contribution is -2.03. The highest BCUT2D eigenvalue weighted by atomic mass is 16.1. The third-order valence-corrected chi connectivity index (χ3v) is 2.33. The third-order valence-electron chi connectivity index (χ3n) is 2.33. The highest BCUT2D eigenvalue weighted by molar-refractivity contribution is 5.97. The fraction of sp³-hybridized carbons (Fsp3) is 0.429. The maximum atomic E-state index is 11.3. The first kappa shape index (κ1) is 29.8. The number of hydrogen-bond acceptors (Lipinski definition) is 3. The standard InChI is InChI=1S/C13H12N2O.3C2H6.2CH4/c1-9(16)13-11(14)7-8-12(15-13)10-5-3-2-4-6-10;3*1-2;;/h2-8H,14H2,1H3;3*1-2H3;2*1H4. The van der Waals surface area contributed by atoms with Crippen molar-refractivity contribution < 1.29 is 4.79 Å². The zero-order chi connectivity index (χ0) is 17.5. The Labute approximate surface area is 150 Å². The number of nitrogens with two attached hydrogens (primary N) is 1. The van der Waals surface area contributed by atoms with Crippen molar-refractivity contribution in [2.75, 3.05) is 5.73 Å². The normalized spacial score (nSPS) is 7.46. The molecule has 0 radical (unpaired) electrons. The molecule has 0 bridgehead atoms. The average Bonchev–Trinajstić information content (AvgIpc) is 2.61. The number of pyridine rings is 1. The van der Waals surface area contributed by atoms with Crippen molar-refractivity contribution in [2.45, 2.75) is 63.3 Å². The molecule has 0 aliphatic heterocycles. The molecule has 138 valence electrons. The molecule has 3 heteroatoms. The molecule has 24 heavy (non-hydrogen) atoms. The van der Waals surface area contributed by atoms with E-state index in [1.54, 1.807) is 6.07 Å². The quantitative estimate of drug-likeness (QED) is 0.609. The lowest BCUT2D eigenvalue weighted by atomic mass is 10.1. The Kier molecular flexibility index (Phi) is 23.5. The molecule has 0 aliphatic rings. The topological polar surface area (TPSA) is 56.0 Å². The van der Waals surface area contributed by atoms with E-state index in [4.69, 9.17) is 5.73 Å². The van der Waals surface area contributed by atoms with Crippen LogP contribution in [0.3, 0.4) is 0 Å². The zero-order valence-corrected chi connectivity index (χ0v) is 15.0. The van der Waals surface area contributed by atoms with Gasteiger partial charge in [0, 0.05) is 12.5 Å². The summed E-state index contributed by atoms with van der Waals surface area (Å²) < 4.78 is 0. The molecule has 0 atom stereocenters. The Morgan fingerprint density at radius 1 is 0.833 bits per heavy atom. The number of ketones is 1. The first-order valence-corrected chi connectivity index (χ1v) is 8.01. The highest BCUT2D eigenvalue weighted by Gasteiger charge is 2.08. The van der Waals surface area contributed by atoms with E-state index in [1.165, 1.54) is 6.92 Å². The summed E-state index contributed by atoms with van der Waals surface area (Å²) in [7, 11) is 0. The number of anilines is 1. The van der Waals surface area contributed by atoms with Gasteiger partial charge in [0.05, 0.1) is 11.4 Å². The van der Waals surface area contributed by atoms with Gasteiger partial charge in [0.2, 0.25) is 0 Å². The lowest BCUT2D eigenvalue weighted by Gasteiger charge is -2.05. The molecule has 1 aromatic heterocycles. The van der Waals surface area contributed by atoms with Gasteiger partial charge in [-0.2, -0.15) is 0 Å². The third kappa shape index (κ3) is 9.78. The monoisotopic (exact) mass is 334 g/mol. The van der Waals surface area contributed by atoms with Gasteiger partial charge in [0.15, 0.2) is 5.78 Å². The SMILES string of the molecule is C.C.CC.CC.CC.CC(=O)c1nc(-c2ccccc2)ccc1N. The van der Waals surface area contributed by atoms with Crippen molar-refractivity contribution in [2.24, 2.45) is 0 Å². The van der Waals surface area contributed by atoms with Gasteiger partial charge in [-0.3, -0.25) is 4.79 Å². The molecule has 1 aromatic carbocycles. The number of carbonyl (C=O) groups excluding carboxylic acids is 1. The smallest absolute Gasteiger partial charge is 0.180 e. The van der Waals surface area contributed by atoms with Gasteiger partial charge in [0.25, 0.3) is 0 Å². The summed E-state index contributed by atoms with van der Waals surface area (Å²) in [6, 6.07) is 13.2. The maximum absolute atomic E-state index is 11.3. The van der Waals surface area contributed by atoms with Crippen LogP contribution in [0.15, 0.2) is 42.5 Å². The molecule has 0 unspecified atom stereocenters. The predicted molar refractivity (Wildman–Crippen MR) is 112 cm³/mol. The van der Waals surface area contributed by atoms with Gasteiger partial charge >= 0.3 is 0 Å². The summed E-state index contributed by atoms with van der Waals surface area (Å²) in [6.07, 6.45) is 0. The van der Waals surface area contributed by atoms with Crippen LogP contribution in [0.4, 0.5) is 5.69 Å². The van der Waals surface area contributed by atoms with Crippen LogP contribution >= 0.6 is 0 Å². The molecule has 1 heterocycles. The maximum Gasteiger partial charge on any atom is 0.180 e. The zero-order valence-electron chi connectivity index (χ0n) is 15.0. The molecule has 0 fully saturated rings. The molecule has 2 aromatic rings. The number of hydrogen-bond donors (Lipinski definition) is 1. The minimum Gasteiger partial charge on any atom is -0.397 e. The van der Waals surface area contributed by atoms with Crippen LogP contribution in [0.5, 0.6) is 0 Å². The van der Waals surface area contributed by atoms with Crippen LogP contribution in [0.2, 0.25) is 0 Å². The summed E-state index contributed by atoms with van der Waals surface area (Å²) in [6.45, 7) is 13.5. The van der Waals surface area contributed by atoms with E-state index in [-0.39, 0.29) is 20.6 Å². The van der Waals surface area contributed by atoms with Gasteiger partial charge in [-0.05, 0) is 12.1 Å². The molecule has 0 spiro atoms. The van der Waals surface area contributed by atoms with Crippen LogP contribution in [0, 0.1) is 0 Å². The summed E-state index contributed by atoms with van der Waals surface area (Å²) in [5.74, 6) is -0.115. The van der Waals surface area contributed by atoms with Gasteiger partial charge in [-0.15, -0.1) is 0 Å². The second-order valence-corrected chi connectivity index (χ2v) is 3.56. The minimum absolute atomic E-state index is 0. The van der Waals surface area contributed by atoms with Crippen LogP contribution in [-0.2, 0) is 0 Å². The fourth-order valence-corrected chi connectivity index (χ4v) is 1.52. The Morgan fingerprint density at radius 3 is 1.71 bits per heavy atom. The number of nitrogens with zero attached hydrogens (tertiary/aromatic N) is 1. The Balaban J connectivity index is -0.000000226. The summed E-state index contributed by atoms with van der Waals surface area (Å²) in [4.78, 5) is 15.6. The minimum atomic E-state index is -0.115.